The average molecular weight is 312 g/mol. The van der Waals surface area contributed by atoms with Crippen molar-refractivity contribution in [2.24, 2.45) is 0 Å². The zero-order valence-corrected chi connectivity index (χ0v) is 12.2. The van der Waals surface area contributed by atoms with Crippen LogP contribution in [0.1, 0.15) is 18.9 Å². The van der Waals surface area contributed by atoms with Crippen molar-refractivity contribution in [1.29, 1.82) is 0 Å². The van der Waals surface area contributed by atoms with E-state index in [0.29, 0.717) is 12.1 Å². The molecule has 0 saturated carbocycles. The van der Waals surface area contributed by atoms with E-state index in [1.807, 2.05) is 6.92 Å². The third-order valence-corrected chi connectivity index (χ3v) is 3.36. The smallest absolute Gasteiger partial charge is 0.331 e. The molecule has 0 radical (unpaired) electrons. The van der Waals surface area contributed by atoms with E-state index in [-0.39, 0.29) is 17.3 Å². The van der Waals surface area contributed by atoms with Crippen molar-refractivity contribution in [3.63, 3.8) is 0 Å². The predicted molar refractivity (Wildman–Crippen MR) is 80.2 cm³/mol. The highest BCUT2D eigenvalue weighted by atomic mass is 35.5. The second-order valence-electron chi connectivity index (χ2n) is 4.70. The van der Waals surface area contributed by atoms with Crippen molar-refractivity contribution in [2.45, 2.75) is 26.4 Å². The van der Waals surface area contributed by atoms with Gasteiger partial charge in [0.05, 0.1) is 11.6 Å². The zero-order valence-electron chi connectivity index (χ0n) is 11.5. The van der Waals surface area contributed by atoms with E-state index in [0.717, 1.165) is 11.0 Å². The number of nitrogens with zero attached hydrogens (tertiary/aromatic N) is 2. The second-order valence-corrected chi connectivity index (χ2v) is 5.11. The monoisotopic (exact) mass is 311 g/mol. The van der Waals surface area contributed by atoms with Gasteiger partial charge in [-0.1, -0.05) is 24.6 Å². The number of nitrogens with two attached hydrogens (primary N) is 1. The molecule has 2 aromatic rings. The largest absolute Gasteiger partial charge is 0.393 e. The van der Waals surface area contributed by atoms with E-state index in [2.05, 4.69) is 0 Å². The molecule has 0 saturated heterocycles. The molecule has 2 N–H and O–H groups in total. The van der Waals surface area contributed by atoms with Crippen LogP contribution in [0.15, 0.2) is 34.0 Å². The Kier molecular flexibility index (Phi) is 4.47. The Morgan fingerprint density at radius 2 is 2.05 bits per heavy atom. The number of hydrogen-bond donors (Lipinski definition) is 1. The van der Waals surface area contributed by atoms with Crippen LogP contribution in [0.5, 0.6) is 0 Å². The summed E-state index contributed by atoms with van der Waals surface area (Å²) in [6.07, 6.45) is 2.07. The summed E-state index contributed by atoms with van der Waals surface area (Å²) >= 11 is 5.61. The SMILES string of the molecule is CCCn1cc(N)c(=O)n(Cc2ccc(Cl)c(F)c2)c1=O. The molecule has 0 aliphatic rings. The first-order chi connectivity index (χ1) is 9.93. The lowest BCUT2D eigenvalue weighted by molar-refractivity contribution is 0.570. The fourth-order valence-electron chi connectivity index (χ4n) is 2.04. The first kappa shape index (κ1) is 15.3. The zero-order chi connectivity index (χ0) is 15.6. The van der Waals surface area contributed by atoms with E-state index in [1.165, 1.54) is 22.9 Å². The van der Waals surface area contributed by atoms with Crippen LogP contribution in [-0.4, -0.2) is 9.13 Å². The number of rotatable bonds is 4. The molecular weight excluding hydrogens is 297 g/mol. The highest BCUT2D eigenvalue weighted by molar-refractivity contribution is 6.30. The molecule has 2 rings (SSSR count). The van der Waals surface area contributed by atoms with Crippen LogP contribution in [0.4, 0.5) is 10.1 Å². The Bertz CT molecular complexity index is 783. The van der Waals surface area contributed by atoms with Gasteiger partial charge in [-0.15, -0.1) is 0 Å². The Hall–Kier alpha value is -2.08. The second kappa shape index (κ2) is 6.13. The Labute approximate surface area is 125 Å². The van der Waals surface area contributed by atoms with Crippen molar-refractivity contribution in [1.82, 2.24) is 9.13 Å². The highest BCUT2D eigenvalue weighted by Crippen LogP contribution is 2.15. The summed E-state index contributed by atoms with van der Waals surface area (Å²) < 4.78 is 15.8. The number of aryl methyl sites for hydroxylation is 1. The fraction of sp³-hybridized carbons (Fsp3) is 0.286. The normalized spacial score (nSPS) is 10.8. The van der Waals surface area contributed by atoms with Gasteiger partial charge in [0.1, 0.15) is 11.5 Å². The van der Waals surface area contributed by atoms with E-state index in [9.17, 15) is 14.0 Å². The van der Waals surface area contributed by atoms with Crippen molar-refractivity contribution in [3.05, 3.63) is 61.6 Å². The van der Waals surface area contributed by atoms with Gasteiger partial charge < -0.3 is 5.73 Å². The van der Waals surface area contributed by atoms with Gasteiger partial charge in [-0.2, -0.15) is 0 Å². The first-order valence-electron chi connectivity index (χ1n) is 6.47. The van der Waals surface area contributed by atoms with Crippen molar-refractivity contribution >= 4 is 17.3 Å². The summed E-state index contributed by atoms with van der Waals surface area (Å²) in [7, 11) is 0. The molecule has 112 valence electrons. The third-order valence-electron chi connectivity index (χ3n) is 3.05. The summed E-state index contributed by atoms with van der Waals surface area (Å²) in [5, 5.41) is -0.0120. The van der Waals surface area contributed by atoms with Crippen LogP contribution >= 0.6 is 11.6 Å². The van der Waals surface area contributed by atoms with Gasteiger partial charge in [0.15, 0.2) is 0 Å². The van der Waals surface area contributed by atoms with Crippen LogP contribution in [0.25, 0.3) is 0 Å². The maximum Gasteiger partial charge on any atom is 0.331 e. The number of nitrogen functional groups attached to an aromatic ring is 1. The molecular formula is C14H15ClFN3O2. The molecule has 0 amide bonds. The average Bonchev–Trinajstić information content (AvgIpc) is 2.45. The predicted octanol–water partition coefficient (Wildman–Crippen LogP) is 1.84. The van der Waals surface area contributed by atoms with Crippen LogP contribution in [0, 0.1) is 5.82 Å². The Balaban J connectivity index is 2.50. The lowest BCUT2D eigenvalue weighted by Gasteiger charge is -2.11. The summed E-state index contributed by atoms with van der Waals surface area (Å²) in [4.78, 5) is 24.2. The maximum atomic E-state index is 13.4. The van der Waals surface area contributed by atoms with Crippen LogP contribution in [-0.2, 0) is 13.1 Å². The fourth-order valence-corrected chi connectivity index (χ4v) is 2.15. The molecule has 0 spiro atoms. The number of anilines is 1. The van der Waals surface area contributed by atoms with E-state index >= 15 is 0 Å². The Morgan fingerprint density at radius 3 is 2.67 bits per heavy atom. The number of halogens is 2. The van der Waals surface area contributed by atoms with E-state index < -0.39 is 17.1 Å². The van der Waals surface area contributed by atoms with Gasteiger partial charge in [-0.05, 0) is 24.1 Å². The third kappa shape index (κ3) is 3.16. The van der Waals surface area contributed by atoms with Crippen molar-refractivity contribution in [2.75, 3.05) is 5.73 Å². The number of hydrogen-bond acceptors (Lipinski definition) is 3. The van der Waals surface area contributed by atoms with E-state index in [4.69, 9.17) is 17.3 Å². The van der Waals surface area contributed by atoms with Gasteiger partial charge in [-0.3, -0.25) is 13.9 Å². The van der Waals surface area contributed by atoms with Crippen LogP contribution < -0.4 is 17.0 Å². The summed E-state index contributed by atoms with van der Waals surface area (Å²) in [6, 6.07) is 4.14. The molecule has 0 unspecified atom stereocenters. The molecule has 21 heavy (non-hydrogen) atoms. The van der Waals surface area contributed by atoms with Crippen molar-refractivity contribution < 1.29 is 4.39 Å². The first-order valence-corrected chi connectivity index (χ1v) is 6.85. The highest BCUT2D eigenvalue weighted by Gasteiger charge is 2.10. The van der Waals surface area contributed by atoms with Crippen LogP contribution in [0.2, 0.25) is 5.02 Å². The minimum absolute atomic E-state index is 0.0120. The maximum absolute atomic E-state index is 13.4. The standard InChI is InChI=1S/C14H15ClFN3O2/c1-2-5-18-8-12(17)13(20)19(14(18)21)7-9-3-4-10(15)11(16)6-9/h3-4,6,8H,2,5,7,17H2,1H3. The molecule has 1 aromatic carbocycles. The quantitative estimate of drug-likeness (QED) is 0.936. The summed E-state index contributed by atoms with van der Waals surface area (Å²) in [5.74, 6) is -0.597. The molecule has 0 fully saturated rings. The van der Waals surface area contributed by atoms with Gasteiger partial charge >= 0.3 is 5.69 Å². The molecule has 0 atom stereocenters. The molecule has 0 aliphatic carbocycles. The molecule has 1 aromatic heterocycles. The molecule has 7 heteroatoms. The molecule has 1 heterocycles. The van der Waals surface area contributed by atoms with Crippen LogP contribution in [0.3, 0.4) is 0 Å². The topological polar surface area (TPSA) is 70.0 Å². The minimum Gasteiger partial charge on any atom is -0.393 e. The van der Waals surface area contributed by atoms with Gasteiger partial charge in [0.25, 0.3) is 5.56 Å². The number of aromatic nitrogens is 2. The lowest BCUT2D eigenvalue weighted by atomic mass is 10.2. The van der Waals surface area contributed by atoms with E-state index in [1.54, 1.807) is 6.07 Å². The van der Waals surface area contributed by atoms with Gasteiger partial charge in [-0.25, -0.2) is 9.18 Å². The van der Waals surface area contributed by atoms with Crippen molar-refractivity contribution in [3.8, 4) is 0 Å². The van der Waals surface area contributed by atoms with Gasteiger partial charge in [0, 0.05) is 12.7 Å². The Morgan fingerprint density at radius 1 is 1.33 bits per heavy atom. The van der Waals surface area contributed by atoms with Gasteiger partial charge in [0.2, 0.25) is 0 Å². The minimum atomic E-state index is -0.597. The summed E-state index contributed by atoms with van der Waals surface area (Å²) in [6.45, 7) is 2.31. The molecule has 5 nitrogen and oxygen atoms in total. The molecule has 0 aliphatic heterocycles. The summed E-state index contributed by atoms with van der Waals surface area (Å²) in [5.41, 5.74) is 5.04. The lowest BCUT2D eigenvalue weighted by Crippen LogP contribution is -2.40. The number of benzene rings is 1. The molecule has 0 bridgehead atoms.